The number of hydrogen-bond donors (Lipinski definition) is 2. The number of nitrogens with one attached hydrogen (secondary N) is 1. The molecule has 1 heterocycles. The number of carbonyl (C=O) groups excluding carboxylic acids is 2. The first-order chi connectivity index (χ1) is 12.5. The summed E-state index contributed by atoms with van der Waals surface area (Å²) in [6.07, 6.45) is 1.55. The van der Waals surface area contributed by atoms with Gasteiger partial charge < -0.3 is 15.2 Å². The molecule has 1 aliphatic heterocycles. The molecule has 0 aromatic heterocycles. The molecule has 0 atom stereocenters. The fourth-order valence-corrected chi connectivity index (χ4v) is 3.02. The lowest BCUT2D eigenvalue weighted by Crippen LogP contribution is -2.30. The number of rotatable bonds is 5. The molecule has 2 N–H and O–H groups in total. The van der Waals surface area contributed by atoms with E-state index in [1.807, 2.05) is 37.3 Å². The van der Waals surface area contributed by atoms with Gasteiger partial charge in [-0.25, -0.2) is 4.79 Å². The van der Waals surface area contributed by atoms with E-state index in [-0.39, 0.29) is 18.0 Å². The minimum absolute atomic E-state index is 0.00615. The van der Waals surface area contributed by atoms with Gasteiger partial charge in [-0.15, -0.1) is 0 Å². The van der Waals surface area contributed by atoms with Crippen molar-refractivity contribution in [1.29, 1.82) is 0 Å². The van der Waals surface area contributed by atoms with Crippen LogP contribution in [0.25, 0.3) is 6.08 Å². The fraction of sp³-hybridized carbons (Fsp3) is 0.158. The second-order valence-corrected chi connectivity index (χ2v) is 6.49. The van der Waals surface area contributed by atoms with Crippen LogP contribution in [0.5, 0.6) is 11.5 Å². The minimum atomic E-state index is -0.468. The fourth-order valence-electron chi connectivity index (χ4n) is 2.58. The zero-order chi connectivity index (χ0) is 18.7. The average molecular weight is 417 g/mol. The van der Waals surface area contributed by atoms with Gasteiger partial charge in [0, 0.05) is 4.47 Å². The molecular formula is C19H17BrN2O4. The van der Waals surface area contributed by atoms with Gasteiger partial charge in [0.2, 0.25) is 0 Å². The molecule has 0 bridgehead atoms. The summed E-state index contributed by atoms with van der Waals surface area (Å²) in [5.41, 5.74) is 1.64. The van der Waals surface area contributed by atoms with Gasteiger partial charge in [0.15, 0.2) is 11.5 Å². The molecule has 7 heteroatoms. The number of halogens is 1. The quantitative estimate of drug-likeness (QED) is 0.575. The first-order valence-electron chi connectivity index (χ1n) is 8.03. The Bertz CT molecular complexity index is 881. The molecule has 0 radical (unpaired) electrons. The summed E-state index contributed by atoms with van der Waals surface area (Å²) in [7, 11) is 0. The third-order valence-electron chi connectivity index (χ3n) is 3.82. The summed E-state index contributed by atoms with van der Waals surface area (Å²) in [5, 5.41) is 12.5. The van der Waals surface area contributed by atoms with Crippen LogP contribution in [0.15, 0.2) is 52.6 Å². The molecule has 0 unspecified atom stereocenters. The van der Waals surface area contributed by atoms with Gasteiger partial charge in [0.25, 0.3) is 5.91 Å². The summed E-state index contributed by atoms with van der Waals surface area (Å²) in [4.78, 5) is 25.9. The number of phenolic OH excluding ortho intramolecular Hbond substituents is 1. The summed E-state index contributed by atoms with van der Waals surface area (Å²) >= 11 is 3.35. The topological polar surface area (TPSA) is 78.9 Å². The molecule has 2 aromatic carbocycles. The lowest BCUT2D eigenvalue weighted by molar-refractivity contribution is -0.123. The number of hydrogen-bond acceptors (Lipinski definition) is 4. The normalized spacial score (nSPS) is 15.5. The van der Waals surface area contributed by atoms with E-state index in [1.165, 1.54) is 6.07 Å². The molecule has 1 fully saturated rings. The van der Waals surface area contributed by atoms with E-state index in [2.05, 4.69) is 21.2 Å². The molecule has 26 heavy (non-hydrogen) atoms. The highest BCUT2D eigenvalue weighted by atomic mass is 79.9. The van der Waals surface area contributed by atoms with E-state index in [0.717, 1.165) is 10.5 Å². The molecular weight excluding hydrogens is 400 g/mol. The van der Waals surface area contributed by atoms with E-state index >= 15 is 0 Å². The smallest absolute Gasteiger partial charge is 0.329 e. The Labute approximate surface area is 159 Å². The SMILES string of the molecule is CCOc1cc(/C=C2\NC(=O)N(Cc3ccccc3)C2=O)c(Br)cc1O. The molecule has 1 saturated heterocycles. The number of carbonyl (C=O) groups is 2. The van der Waals surface area contributed by atoms with Crippen LogP contribution >= 0.6 is 15.9 Å². The van der Waals surface area contributed by atoms with Crippen LogP contribution in [0.3, 0.4) is 0 Å². The molecule has 0 aliphatic carbocycles. The zero-order valence-electron chi connectivity index (χ0n) is 14.0. The number of ether oxygens (including phenoxy) is 1. The van der Waals surface area contributed by atoms with Gasteiger partial charge in [-0.1, -0.05) is 46.3 Å². The highest BCUT2D eigenvalue weighted by Crippen LogP contribution is 2.34. The number of nitrogens with zero attached hydrogens (tertiary/aromatic N) is 1. The largest absolute Gasteiger partial charge is 0.504 e. The number of urea groups is 1. The van der Waals surface area contributed by atoms with Crippen molar-refractivity contribution in [2.24, 2.45) is 0 Å². The summed E-state index contributed by atoms with van der Waals surface area (Å²) in [6, 6.07) is 11.9. The summed E-state index contributed by atoms with van der Waals surface area (Å²) in [5.74, 6) is -0.106. The Morgan fingerprint density at radius 3 is 2.65 bits per heavy atom. The Morgan fingerprint density at radius 1 is 1.23 bits per heavy atom. The van der Waals surface area contributed by atoms with Gasteiger partial charge in [-0.05, 0) is 36.3 Å². The number of aromatic hydroxyl groups is 1. The van der Waals surface area contributed by atoms with Gasteiger partial charge in [-0.3, -0.25) is 9.69 Å². The maximum absolute atomic E-state index is 12.6. The number of benzene rings is 2. The Kier molecular flexibility index (Phi) is 5.27. The Hall–Kier alpha value is -2.80. The summed E-state index contributed by atoms with van der Waals surface area (Å²) in [6.45, 7) is 2.40. The van der Waals surface area contributed by atoms with Crippen molar-refractivity contribution in [2.75, 3.05) is 6.61 Å². The van der Waals surface area contributed by atoms with Crippen molar-refractivity contribution >= 4 is 33.9 Å². The highest BCUT2D eigenvalue weighted by Gasteiger charge is 2.33. The monoisotopic (exact) mass is 416 g/mol. The minimum Gasteiger partial charge on any atom is -0.504 e. The first kappa shape index (κ1) is 18.0. The standard InChI is InChI=1S/C19H17BrN2O4/c1-2-26-17-9-13(14(20)10-16(17)23)8-15-18(24)22(19(25)21-15)11-12-6-4-3-5-7-12/h3-10,23H,2,11H2,1H3,(H,21,25)/b15-8-. The lowest BCUT2D eigenvalue weighted by atomic mass is 10.1. The highest BCUT2D eigenvalue weighted by molar-refractivity contribution is 9.10. The molecule has 3 rings (SSSR count). The van der Waals surface area contributed by atoms with E-state index < -0.39 is 11.9 Å². The van der Waals surface area contributed by atoms with Crippen LogP contribution in [0, 0.1) is 0 Å². The van der Waals surface area contributed by atoms with Crippen molar-refractivity contribution in [3.8, 4) is 11.5 Å². The number of imide groups is 1. The average Bonchev–Trinajstić information content (AvgIpc) is 2.88. The van der Waals surface area contributed by atoms with Gasteiger partial charge >= 0.3 is 6.03 Å². The second kappa shape index (κ2) is 7.61. The van der Waals surface area contributed by atoms with Crippen LogP contribution in [0.4, 0.5) is 4.79 Å². The van der Waals surface area contributed by atoms with Crippen LogP contribution in [0.1, 0.15) is 18.1 Å². The van der Waals surface area contributed by atoms with Crippen LogP contribution in [-0.4, -0.2) is 28.6 Å². The van der Waals surface area contributed by atoms with E-state index in [0.29, 0.717) is 22.4 Å². The van der Waals surface area contributed by atoms with Crippen LogP contribution in [-0.2, 0) is 11.3 Å². The molecule has 3 amide bonds. The Balaban J connectivity index is 1.87. The van der Waals surface area contributed by atoms with Gasteiger partial charge in [0.05, 0.1) is 13.2 Å². The third-order valence-corrected chi connectivity index (χ3v) is 4.51. The maximum Gasteiger partial charge on any atom is 0.329 e. The van der Waals surface area contributed by atoms with Crippen molar-refractivity contribution in [3.63, 3.8) is 0 Å². The van der Waals surface area contributed by atoms with E-state index in [1.54, 1.807) is 12.1 Å². The predicted octanol–water partition coefficient (Wildman–Crippen LogP) is 3.65. The molecule has 134 valence electrons. The zero-order valence-corrected chi connectivity index (χ0v) is 15.6. The maximum atomic E-state index is 12.6. The molecule has 0 spiro atoms. The predicted molar refractivity (Wildman–Crippen MR) is 100 cm³/mol. The number of phenols is 1. The third kappa shape index (κ3) is 3.72. The first-order valence-corrected chi connectivity index (χ1v) is 8.82. The van der Waals surface area contributed by atoms with Crippen molar-refractivity contribution < 1.29 is 19.4 Å². The molecule has 0 saturated carbocycles. The molecule has 6 nitrogen and oxygen atoms in total. The van der Waals surface area contributed by atoms with Gasteiger partial charge in [0.1, 0.15) is 5.70 Å². The number of amides is 3. The van der Waals surface area contributed by atoms with Crippen molar-refractivity contribution in [1.82, 2.24) is 10.2 Å². The van der Waals surface area contributed by atoms with Crippen LogP contribution in [0.2, 0.25) is 0 Å². The van der Waals surface area contributed by atoms with Crippen molar-refractivity contribution in [2.45, 2.75) is 13.5 Å². The lowest BCUT2D eigenvalue weighted by Gasteiger charge is -2.11. The van der Waals surface area contributed by atoms with Gasteiger partial charge in [-0.2, -0.15) is 0 Å². The molecule has 1 aliphatic rings. The molecule has 2 aromatic rings. The van der Waals surface area contributed by atoms with Crippen molar-refractivity contribution in [3.05, 3.63) is 63.8 Å². The summed E-state index contributed by atoms with van der Waals surface area (Å²) < 4.78 is 5.94. The second-order valence-electron chi connectivity index (χ2n) is 5.64. The van der Waals surface area contributed by atoms with E-state index in [4.69, 9.17) is 4.74 Å². The van der Waals surface area contributed by atoms with Crippen LogP contribution < -0.4 is 10.1 Å². The van der Waals surface area contributed by atoms with E-state index in [9.17, 15) is 14.7 Å². The Morgan fingerprint density at radius 2 is 1.96 bits per heavy atom.